The molecule has 7 heteroatoms. The first kappa shape index (κ1) is 15.9. The molecule has 2 amide bonds. The first-order valence-corrected chi connectivity index (χ1v) is 7.45. The Morgan fingerprint density at radius 2 is 2.05 bits per heavy atom. The molecule has 0 saturated carbocycles. The van der Waals surface area contributed by atoms with Crippen molar-refractivity contribution in [3.8, 4) is 0 Å². The number of carboxylic acids is 1. The van der Waals surface area contributed by atoms with Crippen LogP contribution in [-0.2, 0) is 0 Å². The molecule has 1 aromatic rings. The van der Waals surface area contributed by atoms with Crippen molar-refractivity contribution in [1.29, 1.82) is 0 Å². The lowest BCUT2D eigenvalue weighted by Gasteiger charge is -2.33. The number of piperidine rings is 1. The third kappa shape index (κ3) is 3.60. The number of carboxylic acid groups (broad SMARTS) is 1. The molecule has 0 spiro atoms. The minimum atomic E-state index is -1.19. The van der Waals surface area contributed by atoms with Gasteiger partial charge in [0.2, 0.25) is 0 Å². The molecule has 0 radical (unpaired) electrons. The van der Waals surface area contributed by atoms with Crippen molar-refractivity contribution < 1.29 is 14.7 Å². The average molecular weight is 331 g/mol. The zero-order chi connectivity index (χ0) is 15.6. The molecule has 1 saturated heterocycles. The smallest absolute Gasteiger partial charge is 0.337 e. The predicted molar refractivity (Wildman–Crippen MR) is 82.5 cm³/mol. The van der Waals surface area contributed by atoms with Crippen molar-refractivity contribution in [3.05, 3.63) is 27.7 Å². The Morgan fingerprint density at radius 3 is 2.67 bits per heavy atom. The number of aromatic carboxylic acids is 1. The number of amides is 2. The molecule has 114 valence electrons. The average Bonchev–Trinajstić information content (AvgIpc) is 2.41. The number of nitrogens with zero attached hydrogens (tertiary/aromatic N) is 1. The van der Waals surface area contributed by atoms with Gasteiger partial charge in [0.1, 0.15) is 0 Å². The zero-order valence-corrected chi connectivity index (χ0v) is 13.0. The van der Waals surface area contributed by atoms with Gasteiger partial charge in [0.15, 0.2) is 0 Å². The normalized spacial score (nSPS) is 18.4. The number of hydrogen-bond acceptors (Lipinski definition) is 2. The Morgan fingerprint density at radius 1 is 1.33 bits per heavy atom. The maximum absolute atomic E-state index is 12.3. The van der Waals surface area contributed by atoms with Gasteiger partial charge in [-0.05, 0) is 38.3 Å². The third-order valence-corrected chi connectivity index (χ3v) is 4.10. The maximum Gasteiger partial charge on any atom is 0.337 e. The number of urea groups is 1. The van der Waals surface area contributed by atoms with Gasteiger partial charge in [0.25, 0.3) is 0 Å². The third-order valence-electron chi connectivity index (χ3n) is 3.58. The molecule has 0 aromatic heterocycles. The van der Waals surface area contributed by atoms with Crippen molar-refractivity contribution in [2.24, 2.45) is 0 Å². The molecule has 1 heterocycles. The number of anilines is 1. The molecule has 2 N–H and O–H groups in total. The fourth-order valence-electron chi connectivity index (χ4n) is 2.45. The van der Waals surface area contributed by atoms with Crippen LogP contribution in [0, 0.1) is 0 Å². The van der Waals surface area contributed by atoms with Crippen molar-refractivity contribution in [3.63, 3.8) is 0 Å². The van der Waals surface area contributed by atoms with Crippen LogP contribution >= 0.6 is 23.2 Å². The van der Waals surface area contributed by atoms with E-state index >= 15 is 0 Å². The van der Waals surface area contributed by atoms with Crippen LogP contribution in [-0.4, -0.2) is 34.6 Å². The molecule has 0 aliphatic carbocycles. The largest absolute Gasteiger partial charge is 0.478 e. The highest BCUT2D eigenvalue weighted by atomic mass is 35.5. The highest BCUT2D eigenvalue weighted by Crippen LogP contribution is 2.31. The van der Waals surface area contributed by atoms with E-state index in [9.17, 15) is 14.7 Å². The summed E-state index contributed by atoms with van der Waals surface area (Å²) in [6, 6.07) is 2.46. The Labute approximate surface area is 132 Å². The van der Waals surface area contributed by atoms with Gasteiger partial charge < -0.3 is 15.3 Å². The second-order valence-electron chi connectivity index (χ2n) is 5.08. The van der Waals surface area contributed by atoms with Gasteiger partial charge in [-0.3, -0.25) is 0 Å². The molecule has 1 atom stereocenters. The van der Waals surface area contributed by atoms with E-state index in [0.717, 1.165) is 19.3 Å². The summed E-state index contributed by atoms with van der Waals surface area (Å²) in [5.74, 6) is -1.19. The van der Waals surface area contributed by atoms with Crippen LogP contribution in [0.1, 0.15) is 36.5 Å². The molecule has 5 nitrogen and oxygen atoms in total. The van der Waals surface area contributed by atoms with Gasteiger partial charge in [-0.1, -0.05) is 23.2 Å². The highest BCUT2D eigenvalue weighted by Gasteiger charge is 2.25. The van der Waals surface area contributed by atoms with E-state index in [1.807, 2.05) is 6.92 Å². The molecule has 1 fully saturated rings. The second kappa shape index (κ2) is 6.54. The summed E-state index contributed by atoms with van der Waals surface area (Å²) in [4.78, 5) is 25.3. The van der Waals surface area contributed by atoms with Gasteiger partial charge >= 0.3 is 12.0 Å². The maximum atomic E-state index is 12.3. The lowest BCUT2D eigenvalue weighted by Crippen LogP contribution is -2.44. The van der Waals surface area contributed by atoms with Gasteiger partial charge in [-0.15, -0.1) is 0 Å². The van der Waals surface area contributed by atoms with Gasteiger partial charge in [0.05, 0.1) is 16.3 Å². The van der Waals surface area contributed by atoms with E-state index in [4.69, 9.17) is 23.2 Å². The van der Waals surface area contributed by atoms with Crippen molar-refractivity contribution in [2.75, 3.05) is 11.9 Å². The van der Waals surface area contributed by atoms with Crippen LogP contribution in [0.4, 0.5) is 10.5 Å². The van der Waals surface area contributed by atoms with Crippen molar-refractivity contribution >= 4 is 40.9 Å². The van der Waals surface area contributed by atoms with Crippen LogP contribution < -0.4 is 5.32 Å². The number of carbonyl (C=O) groups excluding carboxylic acids is 1. The Balaban J connectivity index is 2.26. The van der Waals surface area contributed by atoms with E-state index < -0.39 is 5.97 Å². The summed E-state index contributed by atoms with van der Waals surface area (Å²) >= 11 is 11.8. The van der Waals surface area contributed by atoms with Gasteiger partial charge in [-0.2, -0.15) is 0 Å². The van der Waals surface area contributed by atoms with Crippen molar-refractivity contribution in [1.82, 2.24) is 4.90 Å². The SMILES string of the molecule is CC1CCCCN1C(=O)Nc1c(Cl)cc(Cl)cc1C(=O)O. The van der Waals surface area contributed by atoms with Crippen molar-refractivity contribution in [2.45, 2.75) is 32.2 Å². The molecule has 0 bridgehead atoms. The summed E-state index contributed by atoms with van der Waals surface area (Å²) in [5, 5.41) is 12.1. The predicted octanol–water partition coefficient (Wildman–Crippen LogP) is 4.10. The number of carbonyl (C=O) groups is 2. The summed E-state index contributed by atoms with van der Waals surface area (Å²) in [6.07, 6.45) is 2.97. The first-order valence-electron chi connectivity index (χ1n) is 6.70. The number of nitrogens with one attached hydrogen (secondary N) is 1. The van der Waals surface area contributed by atoms with Crippen LogP contribution in [0.5, 0.6) is 0 Å². The number of likely N-dealkylation sites (tertiary alicyclic amines) is 1. The first-order chi connectivity index (χ1) is 9.90. The molecule has 1 aromatic carbocycles. The van der Waals surface area contributed by atoms with E-state index in [-0.39, 0.29) is 33.4 Å². The topological polar surface area (TPSA) is 69.6 Å². The van der Waals surface area contributed by atoms with E-state index in [1.54, 1.807) is 4.90 Å². The molecule has 1 aliphatic heterocycles. The van der Waals surface area contributed by atoms with Crippen LogP contribution in [0.3, 0.4) is 0 Å². The van der Waals surface area contributed by atoms with E-state index in [1.165, 1.54) is 12.1 Å². The number of hydrogen-bond donors (Lipinski definition) is 2. The number of halogens is 2. The quantitative estimate of drug-likeness (QED) is 0.857. The molecule has 1 unspecified atom stereocenters. The number of rotatable bonds is 2. The van der Waals surface area contributed by atoms with E-state index in [2.05, 4.69) is 5.32 Å². The molecule has 21 heavy (non-hydrogen) atoms. The van der Waals surface area contributed by atoms with E-state index in [0.29, 0.717) is 6.54 Å². The second-order valence-corrected chi connectivity index (χ2v) is 5.93. The highest BCUT2D eigenvalue weighted by molar-refractivity contribution is 6.37. The Bertz CT molecular complexity index is 578. The lowest BCUT2D eigenvalue weighted by atomic mass is 10.0. The molecular formula is C14H16Cl2N2O3. The zero-order valence-electron chi connectivity index (χ0n) is 11.5. The van der Waals surface area contributed by atoms with Gasteiger partial charge in [0, 0.05) is 17.6 Å². The van der Waals surface area contributed by atoms with Crippen LogP contribution in [0.2, 0.25) is 10.0 Å². The fraction of sp³-hybridized carbons (Fsp3) is 0.429. The fourth-order valence-corrected chi connectivity index (χ4v) is 2.99. The van der Waals surface area contributed by atoms with Crippen LogP contribution in [0.25, 0.3) is 0 Å². The summed E-state index contributed by atoms with van der Waals surface area (Å²) in [6.45, 7) is 2.63. The molecule has 2 rings (SSSR count). The minimum absolute atomic E-state index is 0.0799. The Hall–Kier alpha value is -1.46. The molecule has 1 aliphatic rings. The minimum Gasteiger partial charge on any atom is -0.478 e. The van der Waals surface area contributed by atoms with Crippen LogP contribution in [0.15, 0.2) is 12.1 Å². The number of benzene rings is 1. The molecular weight excluding hydrogens is 315 g/mol. The monoisotopic (exact) mass is 330 g/mol. The standard InChI is InChI=1S/C14H16Cl2N2O3/c1-8-4-2-3-5-18(8)14(21)17-12-10(13(19)20)6-9(15)7-11(12)16/h6-8H,2-5H2,1H3,(H,17,21)(H,19,20). The lowest BCUT2D eigenvalue weighted by molar-refractivity contribution is 0.0698. The summed E-state index contributed by atoms with van der Waals surface area (Å²) in [7, 11) is 0. The summed E-state index contributed by atoms with van der Waals surface area (Å²) < 4.78 is 0. The Kier molecular flexibility index (Phi) is 4.96. The summed E-state index contributed by atoms with van der Waals surface area (Å²) in [5.41, 5.74) is -0.0400. The van der Waals surface area contributed by atoms with Gasteiger partial charge in [-0.25, -0.2) is 9.59 Å².